The van der Waals surface area contributed by atoms with E-state index in [1.54, 1.807) is 0 Å². The molecule has 0 spiro atoms. The largest absolute Gasteiger partial charge is 0.316 e. The molecule has 1 atom stereocenters. The van der Waals surface area contributed by atoms with Gasteiger partial charge in [0.25, 0.3) is 0 Å². The monoisotopic (exact) mass is 229 g/mol. The van der Waals surface area contributed by atoms with Crippen molar-refractivity contribution in [2.45, 2.75) is 18.8 Å². The van der Waals surface area contributed by atoms with E-state index in [4.69, 9.17) is 23.2 Å². The van der Waals surface area contributed by atoms with E-state index in [1.807, 2.05) is 18.2 Å². The number of nitrogens with one attached hydrogen (secondary N) is 1. The first kappa shape index (κ1) is 10.3. The molecule has 1 aliphatic heterocycles. The first-order chi connectivity index (χ1) is 6.77. The van der Waals surface area contributed by atoms with Gasteiger partial charge in [-0.05, 0) is 49.1 Å². The summed E-state index contributed by atoms with van der Waals surface area (Å²) in [6.07, 6.45) is 2.42. The molecule has 0 amide bonds. The van der Waals surface area contributed by atoms with Crippen molar-refractivity contribution in [3.63, 3.8) is 0 Å². The van der Waals surface area contributed by atoms with Crippen LogP contribution in [-0.2, 0) is 0 Å². The molecule has 1 aromatic rings. The van der Waals surface area contributed by atoms with Gasteiger partial charge in [0.2, 0.25) is 0 Å². The maximum atomic E-state index is 6.14. The highest BCUT2D eigenvalue weighted by Crippen LogP contribution is 2.31. The standard InChI is InChI=1S/C11H13Cl2N/c12-9-3-4-11(13)10(6-9)8-2-1-5-14-7-8/h3-4,6,8,14H,1-2,5,7H2/t8-/m1/s1. The third-order valence-corrected chi connectivity index (χ3v) is 3.27. The van der Waals surface area contributed by atoms with Crippen LogP contribution in [0.15, 0.2) is 18.2 Å². The Hall–Kier alpha value is -0.240. The van der Waals surface area contributed by atoms with E-state index < -0.39 is 0 Å². The first-order valence-electron chi connectivity index (χ1n) is 4.93. The van der Waals surface area contributed by atoms with Crippen LogP contribution in [0.4, 0.5) is 0 Å². The third-order valence-electron chi connectivity index (χ3n) is 2.69. The molecular formula is C11H13Cl2N. The molecule has 14 heavy (non-hydrogen) atoms. The van der Waals surface area contributed by atoms with Crippen LogP contribution >= 0.6 is 23.2 Å². The van der Waals surface area contributed by atoms with Crippen molar-refractivity contribution in [2.75, 3.05) is 13.1 Å². The van der Waals surface area contributed by atoms with Crippen molar-refractivity contribution >= 4 is 23.2 Å². The lowest BCUT2D eigenvalue weighted by molar-refractivity contribution is 0.462. The molecule has 76 valence electrons. The van der Waals surface area contributed by atoms with Gasteiger partial charge in [0.15, 0.2) is 0 Å². The maximum Gasteiger partial charge on any atom is 0.0442 e. The molecule has 0 aromatic heterocycles. The Labute approximate surface area is 94.4 Å². The van der Waals surface area contributed by atoms with Gasteiger partial charge < -0.3 is 5.32 Å². The fourth-order valence-electron chi connectivity index (χ4n) is 1.94. The molecule has 0 bridgehead atoms. The number of halogens is 2. The van der Waals surface area contributed by atoms with Crippen molar-refractivity contribution in [3.8, 4) is 0 Å². The number of benzene rings is 1. The van der Waals surface area contributed by atoms with Gasteiger partial charge in [-0.3, -0.25) is 0 Å². The summed E-state index contributed by atoms with van der Waals surface area (Å²) in [6, 6.07) is 5.71. The second kappa shape index (κ2) is 4.52. The number of piperidine rings is 1. The van der Waals surface area contributed by atoms with E-state index in [0.717, 1.165) is 23.1 Å². The Balaban J connectivity index is 2.24. The third kappa shape index (κ3) is 2.22. The molecule has 0 unspecified atom stereocenters. The first-order valence-corrected chi connectivity index (χ1v) is 5.68. The van der Waals surface area contributed by atoms with Crippen LogP contribution in [0.25, 0.3) is 0 Å². The van der Waals surface area contributed by atoms with Crippen molar-refractivity contribution in [1.82, 2.24) is 5.32 Å². The second-order valence-electron chi connectivity index (χ2n) is 3.71. The average Bonchev–Trinajstić information content (AvgIpc) is 2.23. The molecule has 1 aliphatic rings. The van der Waals surface area contributed by atoms with E-state index in [-0.39, 0.29) is 0 Å². The summed E-state index contributed by atoms with van der Waals surface area (Å²) < 4.78 is 0. The lowest BCUT2D eigenvalue weighted by atomic mass is 9.92. The molecule has 3 heteroatoms. The molecule has 1 N–H and O–H groups in total. The normalized spacial score (nSPS) is 22.3. The molecule has 1 saturated heterocycles. The van der Waals surface area contributed by atoms with Crippen LogP contribution < -0.4 is 5.32 Å². The predicted molar refractivity (Wildman–Crippen MR) is 61.3 cm³/mol. The second-order valence-corrected chi connectivity index (χ2v) is 4.55. The van der Waals surface area contributed by atoms with Crippen molar-refractivity contribution < 1.29 is 0 Å². The Kier molecular flexibility index (Phi) is 3.32. The molecule has 2 rings (SSSR count). The van der Waals surface area contributed by atoms with Crippen molar-refractivity contribution in [1.29, 1.82) is 0 Å². The van der Waals surface area contributed by atoms with E-state index in [2.05, 4.69) is 5.32 Å². The van der Waals surface area contributed by atoms with Gasteiger partial charge in [-0.25, -0.2) is 0 Å². The summed E-state index contributed by atoms with van der Waals surface area (Å²) >= 11 is 12.1. The minimum absolute atomic E-state index is 0.523. The minimum atomic E-state index is 0.523. The fourth-order valence-corrected chi connectivity index (χ4v) is 2.40. The minimum Gasteiger partial charge on any atom is -0.316 e. The molecule has 0 radical (unpaired) electrons. The lowest BCUT2D eigenvalue weighted by Gasteiger charge is -2.24. The van der Waals surface area contributed by atoms with E-state index in [0.29, 0.717) is 5.92 Å². The average molecular weight is 230 g/mol. The zero-order valence-electron chi connectivity index (χ0n) is 7.89. The molecule has 1 heterocycles. The Morgan fingerprint density at radius 2 is 2.14 bits per heavy atom. The van der Waals surface area contributed by atoms with Crippen LogP contribution in [-0.4, -0.2) is 13.1 Å². The SMILES string of the molecule is Clc1ccc(Cl)c([C@@H]2CCCNC2)c1. The zero-order chi connectivity index (χ0) is 9.97. The Bertz CT molecular complexity index is 319. The molecule has 1 aromatic carbocycles. The molecule has 1 nitrogen and oxygen atoms in total. The van der Waals surface area contributed by atoms with Crippen molar-refractivity contribution in [2.24, 2.45) is 0 Å². The summed E-state index contributed by atoms with van der Waals surface area (Å²) in [5.74, 6) is 0.523. The molecule has 0 saturated carbocycles. The van der Waals surface area contributed by atoms with Gasteiger partial charge in [0, 0.05) is 16.6 Å². The van der Waals surface area contributed by atoms with E-state index in [1.165, 1.54) is 18.4 Å². The highest BCUT2D eigenvalue weighted by Gasteiger charge is 2.17. The van der Waals surface area contributed by atoms with Gasteiger partial charge in [0.1, 0.15) is 0 Å². The molecular weight excluding hydrogens is 217 g/mol. The summed E-state index contributed by atoms with van der Waals surface area (Å²) in [5, 5.41) is 4.99. The molecule has 1 fully saturated rings. The summed E-state index contributed by atoms with van der Waals surface area (Å²) in [6.45, 7) is 2.13. The van der Waals surface area contributed by atoms with Gasteiger partial charge in [-0.15, -0.1) is 0 Å². The number of hydrogen-bond donors (Lipinski definition) is 1. The van der Waals surface area contributed by atoms with Gasteiger partial charge in [-0.2, -0.15) is 0 Å². The van der Waals surface area contributed by atoms with E-state index in [9.17, 15) is 0 Å². The fraction of sp³-hybridized carbons (Fsp3) is 0.455. The topological polar surface area (TPSA) is 12.0 Å². The predicted octanol–water partition coefficient (Wildman–Crippen LogP) is 3.46. The number of hydrogen-bond acceptors (Lipinski definition) is 1. The smallest absolute Gasteiger partial charge is 0.0442 e. The van der Waals surface area contributed by atoms with Crippen LogP contribution in [0.2, 0.25) is 10.0 Å². The van der Waals surface area contributed by atoms with Crippen LogP contribution in [0.3, 0.4) is 0 Å². The molecule has 0 aliphatic carbocycles. The maximum absolute atomic E-state index is 6.14. The van der Waals surface area contributed by atoms with Crippen LogP contribution in [0.5, 0.6) is 0 Å². The summed E-state index contributed by atoms with van der Waals surface area (Å²) in [4.78, 5) is 0. The van der Waals surface area contributed by atoms with Crippen molar-refractivity contribution in [3.05, 3.63) is 33.8 Å². The Morgan fingerprint density at radius 1 is 1.29 bits per heavy atom. The highest BCUT2D eigenvalue weighted by molar-refractivity contribution is 6.33. The van der Waals surface area contributed by atoms with E-state index >= 15 is 0 Å². The highest BCUT2D eigenvalue weighted by atomic mass is 35.5. The summed E-state index contributed by atoms with van der Waals surface area (Å²) in [5.41, 5.74) is 1.19. The number of rotatable bonds is 1. The zero-order valence-corrected chi connectivity index (χ0v) is 9.41. The quantitative estimate of drug-likeness (QED) is 0.778. The van der Waals surface area contributed by atoms with Crippen LogP contribution in [0, 0.1) is 0 Å². The summed E-state index contributed by atoms with van der Waals surface area (Å²) in [7, 11) is 0. The lowest BCUT2D eigenvalue weighted by Crippen LogP contribution is -2.28. The van der Waals surface area contributed by atoms with Gasteiger partial charge in [-0.1, -0.05) is 23.2 Å². The van der Waals surface area contributed by atoms with Crippen LogP contribution in [0.1, 0.15) is 24.3 Å². The Morgan fingerprint density at radius 3 is 2.86 bits per heavy atom. The van der Waals surface area contributed by atoms with Gasteiger partial charge in [0.05, 0.1) is 0 Å². The van der Waals surface area contributed by atoms with Gasteiger partial charge >= 0.3 is 0 Å².